The summed E-state index contributed by atoms with van der Waals surface area (Å²) >= 11 is 0. The van der Waals surface area contributed by atoms with E-state index < -0.39 is 0 Å². The van der Waals surface area contributed by atoms with Gasteiger partial charge in [0, 0.05) is 65.0 Å². The van der Waals surface area contributed by atoms with Gasteiger partial charge in [-0.05, 0) is 44.6 Å². The van der Waals surface area contributed by atoms with E-state index in [4.69, 9.17) is 9.52 Å². The molecule has 7 nitrogen and oxygen atoms in total. The van der Waals surface area contributed by atoms with Crippen LogP contribution in [0.1, 0.15) is 45.7 Å². The van der Waals surface area contributed by atoms with Gasteiger partial charge in [0.2, 0.25) is 0 Å². The number of nitrogens with one attached hydrogen (secondary N) is 1. The number of likely N-dealkylation sites (tertiary alicyclic amines) is 1. The third-order valence-corrected chi connectivity index (χ3v) is 5.97. The number of unbranched alkanes of at least 4 members (excludes halogenated alkanes) is 1. The van der Waals surface area contributed by atoms with Crippen LogP contribution in [0.25, 0.3) is 0 Å². The van der Waals surface area contributed by atoms with Crippen LogP contribution in [0.5, 0.6) is 0 Å². The number of hydrogen-bond acceptors (Lipinski definition) is 5. The molecular weight excluding hydrogens is 364 g/mol. The van der Waals surface area contributed by atoms with Crippen LogP contribution >= 0.6 is 0 Å². The molecule has 2 saturated heterocycles. The Hall–Kier alpha value is -1.60. The molecule has 2 fully saturated rings. The molecular formula is C22H40N6O. The molecule has 0 saturated carbocycles. The second kappa shape index (κ2) is 11.6. The number of guanidine groups is 1. The van der Waals surface area contributed by atoms with Crippen molar-refractivity contribution in [2.75, 3.05) is 58.9 Å². The molecule has 3 rings (SSSR count). The minimum absolute atomic E-state index is 0.847. The standard InChI is InChI=1S/C22H40N6O/c1-4-23-22(24-8-5-6-9-27-16-19(2)15-20(3)17-27)28-12-10-26(11-13-28)18-21-7-14-29-25-21/h7,14,19-20H,4-6,8-13,15-18H2,1-3H3,(H,23,24). The van der Waals surface area contributed by atoms with Crippen LogP contribution in [0.4, 0.5) is 0 Å². The SMILES string of the molecule is CCNC(=NCCCCN1CC(C)CC(C)C1)N1CCN(Cc2ccon2)CC1. The van der Waals surface area contributed by atoms with Crippen LogP contribution in [0.2, 0.25) is 0 Å². The van der Waals surface area contributed by atoms with Crippen molar-refractivity contribution in [1.82, 2.24) is 25.2 Å². The summed E-state index contributed by atoms with van der Waals surface area (Å²) in [6, 6.07) is 1.95. The van der Waals surface area contributed by atoms with Gasteiger partial charge in [0.15, 0.2) is 5.96 Å². The average molecular weight is 405 g/mol. The molecule has 1 aromatic rings. The first-order valence-electron chi connectivity index (χ1n) is 11.5. The maximum atomic E-state index is 4.94. The van der Waals surface area contributed by atoms with Gasteiger partial charge in [-0.1, -0.05) is 19.0 Å². The number of hydrogen-bond donors (Lipinski definition) is 1. The maximum Gasteiger partial charge on any atom is 0.194 e. The fourth-order valence-corrected chi connectivity index (χ4v) is 4.70. The molecule has 0 aliphatic carbocycles. The monoisotopic (exact) mass is 404 g/mol. The van der Waals surface area contributed by atoms with Crippen molar-refractivity contribution in [3.63, 3.8) is 0 Å². The summed E-state index contributed by atoms with van der Waals surface area (Å²) in [5, 5.41) is 7.51. The fraction of sp³-hybridized carbons (Fsp3) is 0.818. The van der Waals surface area contributed by atoms with Crippen LogP contribution in [-0.2, 0) is 6.54 Å². The quantitative estimate of drug-likeness (QED) is 0.408. The number of nitrogens with zero attached hydrogens (tertiary/aromatic N) is 5. The van der Waals surface area contributed by atoms with Gasteiger partial charge in [0.25, 0.3) is 0 Å². The van der Waals surface area contributed by atoms with Crippen LogP contribution in [0.15, 0.2) is 21.8 Å². The molecule has 2 atom stereocenters. The third-order valence-electron chi connectivity index (χ3n) is 5.97. The zero-order valence-electron chi connectivity index (χ0n) is 18.6. The normalized spacial score (nSPS) is 24.8. The number of piperidine rings is 1. The summed E-state index contributed by atoms with van der Waals surface area (Å²) in [6.07, 6.45) is 5.45. The largest absolute Gasteiger partial charge is 0.364 e. The zero-order chi connectivity index (χ0) is 20.5. The molecule has 0 radical (unpaired) electrons. The minimum Gasteiger partial charge on any atom is -0.364 e. The molecule has 7 heteroatoms. The van der Waals surface area contributed by atoms with Crippen LogP contribution < -0.4 is 5.32 Å². The first-order valence-corrected chi connectivity index (χ1v) is 11.5. The number of aromatic nitrogens is 1. The van der Waals surface area contributed by atoms with Gasteiger partial charge >= 0.3 is 0 Å². The third kappa shape index (κ3) is 7.30. The molecule has 0 aromatic carbocycles. The highest BCUT2D eigenvalue weighted by Crippen LogP contribution is 2.21. The van der Waals surface area contributed by atoms with Gasteiger partial charge in [-0.3, -0.25) is 9.89 Å². The van der Waals surface area contributed by atoms with Gasteiger partial charge in [-0.15, -0.1) is 0 Å². The highest BCUT2D eigenvalue weighted by molar-refractivity contribution is 5.80. The van der Waals surface area contributed by atoms with Crippen molar-refractivity contribution in [3.8, 4) is 0 Å². The lowest BCUT2D eigenvalue weighted by Crippen LogP contribution is -2.52. The first kappa shape index (κ1) is 22.1. The van der Waals surface area contributed by atoms with E-state index in [2.05, 4.69) is 45.9 Å². The van der Waals surface area contributed by atoms with E-state index in [1.54, 1.807) is 6.26 Å². The summed E-state index contributed by atoms with van der Waals surface area (Å²) in [5.74, 6) is 2.77. The lowest BCUT2D eigenvalue weighted by atomic mass is 9.92. The lowest BCUT2D eigenvalue weighted by Gasteiger charge is -2.36. The predicted molar refractivity (Wildman–Crippen MR) is 118 cm³/mol. The van der Waals surface area contributed by atoms with Crippen LogP contribution in [0, 0.1) is 11.8 Å². The van der Waals surface area contributed by atoms with Gasteiger partial charge in [0.1, 0.15) is 6.26 Å². The average Bonchev–Trinajstić information content (AvgIpc) is 3.20. The lowest BCUT2D eigenvalue weighted by molar-refractivity contribution is 0.139. The molecule has 1 N–H and O–H groups in total. The Morgan fingerprint density at radius 1 is 1.14 bits per heavy atom. The van der Waals surface area contributed by atoms with Crippen molar-refractivity contribution >= 4 is 5.96 Å². The van der Waals surface area contributed by atoms with Crippen molar-refractivity contribution in [2.24, 2.45) is 16.8 Å². The van der Waals surface area contributed by atoms with Gasteiger partial charge in [-0.25, -0.2) is 0 Å². The highest BCUT2D eigenvalue weighted by Gasteiger charge is 2.22. The summed E-state index contributed by atoms with van der Waals surface area (Å²) in [6.45, 7) is 17.5. The second-order valence-corrected chi connectivity index (χ2v) is 8.90. The maximum absolute atomic E-state index is 4.94. The Kier molecular flexibility index (Phi) is 8.80. The molecule has 3 heterocycles. The second-order valence-electron chi connectivity index (χ2n) is 8.90. The van der Waals surface area contributed by atoms with Crippen molar-refractivity contribution in [1.29, 1.82) is 0 Å². The minimum atomic E-state index is 0.847. The Labute approximate surface area is 176 Å². The van der Waals surface area contributed by atoms with Crippen molar-refractivity contribution in [3.05, 3.63) is 18.0 Å². The Morgan fingerprint density at radius 2 is 1.90 bits per heavy atom. The fourth-order valence-electron chi connectivity index (χ4n) is 4.70. The number of aliphatic imine (C=N–C) groups is 1. The van der Waals surface area contributed by atoms with E-state index in [9.17, 15) is 0 Å². The van der Waals surface area contributed by atoms with E-state index >= 15 is 0 Å². The summed E-state index contributed by atoms with van der Waals surface area (Å²) in [5.41, 5.74) is 1.01. The van der Waals surface area contributed by atoms with Crippen molar-refractivity contribution in [2.45, 2.75) is 46.6 Å². The molecule has 0 amide bonds. The smallest absolute Gasteiger partial charge is 0.194 e. The van der Waals surface area contributed by atoms with E-state index in [-0.39, 0.29) is 0 Å². The molecule has 1 aromatic heterocycles. The molecule has 0 bridgehead atoms. The molecule has 2 unspecified atom stereocenters. The number of piperazine rings is 1. The zero-order valence-corrected chi connectivity index (χ0v) is 18.6. The first-order chi connectivity index (χ1) is 14.1. The topological polar surface area (TPSA) is 60.1 Å². The van der Waals surface area contributed by atoms with Crippen LogP contribution in [-0.4, -0.2) is 84.7 Å². The van der Waals surface area contributed by atoms with Gasteiger partial charge in [-0.2, -0.15) is 0 Å². The van der Waals surface area contributed by atoms with Crippen molar-refractivity contribution < 1.29 is 4.52 Å². The Morgan fingerprint density at radius 3 is 2.55 bits per heavy atom. The molecule has 0 spiro atoms. The van der Waals surface area contributed by atoms with Gasteiger partial charge < -0.3 is 19.6 Å². The molecule has 29 heavy (non-hydrogen) atoms. The molecule has 2 aliphatic heterocycles. The summed E-state index contributed by atoms with van der Waals surface area (Å²) < 4.78 is 4.94. The Bertz CT molecular complexity index is 586. The van der Waals surface area contributed by atoms with Crippen LogP contribution in [0.3, 0.4) is 0 Å². The predicted octanol–water partition coefficient (Wildman–Crippen LogP) is 2.52. The van der Waals surface area contributed by atoms with E-state index in [0.29, 0.717) is 0 Å². The van der Waals surface area contributed by atoms with Gasteiger partial charge in [0.05, 0.1) is 5.69 Å². The van der Waals surface area contributed by atoms with E-state index in [0.717, 1.165) is 69.3 Å². The highest BCUT2D eigenvalue weighted by atomic mass is 16.5. The molecule has 164 valence electrons. The Balaban J connectivity index is 1.37. The number of rotatable bonds is 8. The summed E-state index contributed by atoms with van der Waals surface area (Å²) in [7, 11) is 0. The van der Waals surface area contributed by atoms with E-state index in [1.165, 1.54) is 38.9 Å². The van der Waals surface area contributed by atoms with E-state index in [1.807, 2.05) is 6.07 Å². The summed E-state index contributed by atoms with van der Waals surface area (Å²) in [4.78, 5) is 12.4. The molecule has 2 aliphatic rings.